The number of methoxy groups -OCH3 is 1. The summed E-state index contributed by atoms with van der Waals surface area (Å²) in [6, 6.07) is 0. The molecule has 1 unspecified atom stereocenters. The predicted molar refractivity (Wildman–Crippen MR) is 58.7 cm³/mol. The summed E-state index contributed by atoms with van der Waals surface area (Å²) in [4.78, 5) is 26.7. The lowest BCUT2D eigenvalue weighted by Gasteiger charge is -2.23. The van der Waals surface area contributed by atoms with E-state index >= 15 is 0 Å². The second kappa shape index (κ2) is 5.81. The number of amides is 2. The Hall–Kier alpha value is -1.14. The van der Waals surface area contributed by atoms with Crippen LogP contribution >= 0.6 is 0 Å². The highest BCUT2D eigenvalue weighted by molar-refractivity contribution is 5.87. The maximum absolute atomic E-state index is 11.9. The second-order valence-corrected chi connectivity index (χ2v) is 3.89. The molecule has 1 aliphatic rings. The summed E-state index contributed by atoms with van der Waals surface area (Å²) in [6.45, 7) is 1.52. The molecule has 0 aromatic rings. The monoisotopic (exact) mass is 229 g/mol. The predicted octanol–water partition coefficient (Wildman–Crippen LogP) is -1.35. The van der Waals surface area contributed by atoms with Crippen LogP contribution in [0.1, 0.15) is 6.42 Å². The van der Waals surface area contributed by atoms with Crippen molar-refractivity contribution >= 4 is 11.8 Å². The Morgan fingerprint density at radius 2 is 2.25 bits per heavy atom. The van der Waals surface area contributed by atoms with Gasteiger partial charge in [-0.25, -0.2) is 0 Å². The van der Waals surface area contributed by atoms with Crippen LogP contribution < -0.4 is 5.73 Å². The summed E-state index contributed by atoms with van der Waals surface area (Å²) < 4.78 is 4.98. The van der Waals surface area contributed by atoms with Gasteiger partial charge in [-0.15, -0.1) is 0 Å². The second-order valence-electron chi connectivity index (χ2n) is 3.89. The maximum Gasteiger partial charge on any atom is 0.253 e. The van der Waals surface area contributed by atoms with Crippen LogP contribution in [0.3, 0.4) is 0 Å². The van der Waals surface area contributed by atoms with Crippen LogP contribution in [0, 0.1) is 0 Å². The number of hydrogen-bond donors (Lipinski definition) is 1. The minimum absolute atomic E-state index is 0.0438. The van der Waals surface area contributed by atoms with Gasteiger partial charge in [0.2, 0.25) is 5.91 Å². The number of carbonyl (C=O) groups is 2. The summed E-state index contributed by atoms with van der Waals surface area (Å²) in [6.07, 6.45) is 0.144. The van der Waals surface area contributed by atoms with E-state index in [1.807, 2.05) is 0 Å². The molecule has 16 heavy (non-hydrogen) atoms. The first kappa shape index (κ1) is 12.9. The molecule has 0 bridgehead atoms. The molecule has 1 fully saturated rings. The van der Waals surface area contributed by atoms with Gasteiger partial charge in [-0.2, -0.15) is 0 Å². The summed E-state index contributed by atoms with van der Waals surface area (Å²) in [5, 5.41) is 0. The largest absolute Gasteiger partial charge is 0.370 e. The SMILES string of the molecule is COC(CN)C(=O)N1CCCN(C)C(=O)C1. The van der Waals surface area contributed by atoms with Gasteiger partial charge in [0.05, 0.1) is 6.54 Å². The molecule has 6 heteroatoms. The molecule has 0 aromatic carbocycles. The molecular formula is C10H19N3O3. The van der Waals surface area contributed by atoms with Gasteiger partial charge in [-0.05, 0) is 6.42 Å². The molecule has 2 amide bonds. The Morgan fingerprint density at radius 3 is 2.81 bits per heavy atom. The van der Waals surface area contributed by atoms with E-state index in [-0.39, 0.29) is 24.9 Å². The topological polar surface area (TPSA) is 75.9 Å². The van der Waals surface area contributed by atoms with Crippen molar-refractivity contribution in [2.24, 2.45) is 5.73 Å². The first-order valence-electron chi connectivity index (χ1n) is 5.35. The molecule has 0 aliphatic carbocycles. The average Bonchev–Trinajstić information content (AvgIpc) is 2.43. The highest BCUT2D eigenvalue weighted by Crippen LogP contribution is 2.05. The fourth-order valence-corrected chi connectivity index (χ4v) is 1.68. The number of likely N-dealkylation sites (N-methyl/N-ethyl adjacent to an activating group) is 1. The molecule has 0 spiro atoms. The van der Waals surface area contributed by atoms with E-state index in [1.54, 1.807) is 11.9 Å². The third-order valence-corrected chi connectivity index (χ3v) is 2.76. The Morgan fingerprint density at radius 1 is 1.56 bits per heavy atom. The zero-order chi connectivity index (χ0) is 12.1. The number of rotatable bonds is 3. The minimum Gasteiger partial charge on any atom is -0.370 e. The van der Waals surface area contributed by atoms with Crippen molar-refractivity contribution in [2.45, 2.75) is 12.5 Å². The molecule has 0 saturated carbocycles. The average molecular weight is 229 g/mol. The van der Waals surface area contributed by atoms with Crippen molar-refractivity contribution in [3.05, 3.63) is 0 Å². The molecule has 1 aliphatic heterocycles. The fourth-order valence-electron chi connectivity index (χ4n) is 1.68. The number of carbonyl (C=O) groups excluding carboxylic acids is 2. The van der Waals surface area contributed by atoms with E-state index < -0.39 is 6.10 Å². The van der Waals surface area contributed by atoms with E-state index in [9.17, 15) is 9.59 Å². The van der Waals surface area contributed by atoms with Crippen LogP contribution in [-0.4, -0.2) is 68.1 Å². The Kier molecular flexibility index (Phi) is 4.70. The van der Waals surface area contributed by atoms with E-state index in [1.165, 1.54) is 12.0 Å². The first-order valence-corrected chi connectivity index (χ1v) is 5.35. The molecule has 1 saturated heterocycles. The van der Waals surface area contributed by atoms with E-state index in [2.05, 4.69) is 0 Å². The van der Waals surface area contributed by atoms with Crippen molar-refractivity contribution in [2.75, 3.05) is 40.3 Å². The molecule has 1 atom stereocenters. The lowest BCUT2D eigenvalue weighted by molar-refractivity contribution is -0.145. The standard InChI is InChI=1S/C10H19N3O3/c1-12-4-3-5-13(7-9(12)14)10(15)8(6-11)16-2/h8H,3-7,11H2,1-2H3. The summed E-state index contributed by atoms with van der Waals surface area (Å²) in [5.41, 5.74) is 5.42. The molecule has 6 nitrogen and oxygen atoms in total. The zero-order valence-electron chi connectivity index (χ0n) is 9.81. The Labute approximate surface area is 95.3 Å². The zero-order valence-corrected chi connectivity index (χ0v) is 9.81. The van der Waals surface area contributed by atoms with E-state index in [4.69, 9.17) is 10.5 Å². The molecule has 92 valence electrons. The van der Waals surface area contributed by atoms with Gasteiger partial charge in [0.25, 0.3) is 5.91 Å². The van der Waals surface area contributed by atoms with Crippen molar-refractivity contribution in [1.29, 1.82) is 0 Å². The first-order chi connectivity index (χ1) is 7.60. The highest BCUT2D eigenvalue weighted by Gasteiger charge is 2.27. The number of nitrogens with two attached hydrogens (primary N) is 1. The molecule has 1 heterocycles. The highest BCUT2D eigenvalue weighted by atomic mass is 16.5. The lowest BCUT2D eigenvalue weighted by atomic mass is 10.3. The van der Waals surface area contributed by atoms with Gasteiger partial charge in [-0.1, -0.05) is 0 Å². The molecule has 1 rings (SSSR count). The van der Waals surface area contributed by atoms with E-state index in [0.29, 0.717) is 13.1 Å². The van der Waals surface area contributed by atoms with Crippen LogP contribution in [0.5, 0.6) is 0 Å². The van der Waals surface area contributed by atoms with Crippen LogP contribution in [0.2, 0.25) is 0 Å². The molecular weight excluding hydrogens is 210 g/mol. The van der Waals surface area contributed by atoms with Gasteiger partial charge in [0, 0.05) is 33.8 Å². The summed E-state index contributed by atoms with van der Waals surface area (Å²) >= 11 is 0. The molecule has 0 radical (unpaired) electrons. The van der Waals surface area contributed by atoms with Crippen molar-refractivity contribution in [3.8, 4) is 0 Å². The van der Waals surface area contributed by atoms with Gasteiger partial charge in [-0.3, -0.25) is 9.59 Å². The normalized spacial score (nSPS) is 19.6. The van der Waals surface area contributed by atoms with Gasteiger partial charge >= 0.3 is 0 Å². The number of ether oxygens (including phenoxy) is 1. The number of nitrogens with zero attached hydrogens (tertiary/aromatic N) is 2. The van der Waals surface area contributed by atoms with Crippen LogP contribution in [0.4, 0.5) is 0 Å². The fraction of sp³-hybridized carbons (Fsp3) is 0.800. The quantitative estimate of drug-likeness (QED) is 0.649. The van der Waals surface area contributed by atoms with E-state index in [0.717, 1.165) is 6.42 Å². The summed E-state index contributed by atoms with van der Waals surface area (Å²) in [7, 11) is 3.19. The maximum atomic E-state index is 11.9. The van der Waals surface area contributed by atoms with Crippen molar-refractivity contribution in [3.63, 3.8) is 0 Å². The third kappa shape index (κ3) is 2.93. The Bertz CT molecular complexity index is 266. The molecule has 0 aromatic heterocycles. The van der Waals surface area contributed by atoms with Gasteiger partial charge < -0.3 is 20.3 Å². The van der Waals surface area contributed by atoms with Crippen LogP contribution in [-0.2, 0) is 14.3 Å². The van der Waals surface area contributed by atoms with Crippen molar-refractivity contribution in [1.82, 2.24) is 9.80 Å². The van der Waals surface area contributed by atoms with Gasteiger partial charge in [0.1, 0.15) is 6.10 Å². The van der Waals surface area contributed by atoms with Crippen LogP contribution in [0.25, 0.3) is 0 Å². The van der Waals surface area contributed by atoms with Gasteiger partial charge in [0.15, 0.2) is 0 Å². The number of hydrogen-bond acceptors (Lipinski definition) is 4. The van der Waals surface area contributed by atoms with Crippen molar-refractivity contribution < 1.29 is 14.3 Å². The lowest BCUT2D eigenvalue weighted by Crippen LogP contribution is -2.46. The minimum atomic E-state index is -0.642. The third-order valence-electron chi connectivity index (χ3n) is 2.76. The Balaban J connectivity index is 2.65. The van der Waals surface area contributed by atoms with Crippen LogP contribution in [0.15, 0.2) is 0 Å². The molecule has 2 N–H and O–H groups in total. The smallest absolute Gasteiger partial charge is 0.253 e. The summed E-state index contributed by atoms with van der Waals surface area (Å²) in [5.74, 6) is -0.244.